The van der Waals surface area contributed by atoms with E-state index in [-0.39, 0.29) is 37.1 Å². The van der Waals surface area contributed by atoms with E-state index in [9.17, 15) is 13.2 Å². The van der Waals surface area contributed by atoms with E-state index in [2.05, 4.69) is 4.90 Å². The highest BCUT2D eigenvalue weighted by molar-refractivity contribution is 7.89. The number of benzene rings is 2. The summed E-state index contributed by atoms with van der Waals surface area (Å²) in [4.78, 5) is 22.0. The molecule has 0 spiro atoms. The Morgan fingerprint density at radius 3 is 2.22 bits per heavy atom. The lowest BCUT2D eigenvalue weighted by atomic mass is 10.2. The number of nitrogens with zero attached hydrogens (tertiary/aromatic N) is 4. The van der Waals surface area contributed by atoms with Crippen molar-refractivity contribution in [2.75, 3.05) is 78.7 Å². The lowest BCUT2D eigenvalue weighted by molar-refractivity contribution is 0.0746. The van der Waals surface area contributed by atoms with E-state index in [0.717, 1.165) is 21.1 Å². The predicted octanol–water partition coefficient (Wildman–Crippen LogP) is 2.55. The molecule has 3 aromatic rings. The maximum Gasteiger partial charge on any atom is 0.253 e. The first-order valence-electron chi connectivity index (χ1n) is 11.9. The van der Waals surface area contributed by atoms with Gasteiger partial charge in [-0.05, 0) is 42.5 Å². The van der Waals surface area contributed by atoms with Crippen LogP contribution in [0.5, 0.6) is 5.75 Å². The molecule has 1 aromatic heterocycles. The molecule has 1 saturated heterocycles. The van der Waals surface area contributed by atoms with Crippen LogP contribution in [0.4, 0.5) is 5.13 Å². The van der Waals surface area contributed by atoms with Crippen LogP contribution in [0.25, 0.3) is 10.2 Å². The van der Waals surface area contributed by atoms with E-state index in [4.69, 9.17) is 19.2 Å². The van der Waals surface area contributed by atoms with Gasteiger partial charge in [0, 0.05) is 59.1 Å². The first-order chi connectivity index (χ1) is 17.9. The van der Waals surface area contributed by atoms with E-state index in [1.807, 2.05) is 18.2 Å². The minimum Gasteiger partial charge on any atom is -0.497 e. The number of piperazine rings is 1. The zero-order chi connectivity index (χ0) is 26.4. The monoisotopic (exact) mass is 548 g/mol. The third-order valence-corrected chi connectivity index (χ3v) is 9.24. The average Bonchev–Trinajstić information content (AvgIpc) is 3.36. The number of thiazole rings is 1. The average molecular weight is 549 g/mol. The van der Waals surface area contributed by atoms with Gasteiger partial charge in [0.15, 0.2) is 5.13 Å². The maximum absolute atomic E-state index is 13.1. The zero-order valence-electron chi connectivity index (χ0n) is 21.3. The van der Waals surface area contributed by atoms with E-state index in [1.54, 1.807) is 35.5 Å². The molecule has 12 heteroatoms. The summed E-state index contributed by atoms with van der Waals surface area (Å²) in [6.07, 6.45) is 0. The molecule has 0 N–H and O–H groups in total. The van der Waals surface area contributed by atoms with Crippen molar-refractivity contribution in [2.45, 2.75) is 4.90 Å². The molecule has 1 aliphatic heterocycles. The molecule has 37 heavy (non-hydrogen) atoms. The van der Waals surface area contributed by atoms with Crippen LogP contribution >= 0.6 is 11.3 Å². The summed E-state index contributed by atoms with van der Waals surface area (Å²) < 4.78 is 44.0. The summed E-state index contributed by atoms with van der Waals surface area (Å²) in [5.74, 6) is 0.683. The van der Waals surface area contributed by atoms with E-state index in [0.29, 0.717) is 31.7 Å². The largest absolute Gasteiger partial charge is 0.497 e. The summed E-state index contributed by atoms with van der Waals surface area (Å²) in [7, 11) is 0.958. The van der Waals surface area contributed by atoms with Gasteiger partial charge >= 0.3 is 0 Å². The fraction of sp³-hybridized carbons (Fsp3) is 0.440. The topological polar surface area (TPSA) is 102 Å². The van der Waals surface area contributed by atoms with Gasteiger partial charge in [0.05, 0.1) is 35.4 Å². The van der Waals surface area contributed by atoms with Crippen LogP contribution in [0.15, 0.2) is 47.4 Å². The molecule has 1 fully saturated rings. The summed E-state index contributed by atoms with van der Waals surface area (Å²) in [5, 5.41) is 0.927. The molecule has 1 amide bonds. The summed E-state index contributed by atoms with van der Waals surface area (Å²) in [5.41, 5.74) is 1.39. The van der Waals surface area contributed by atoms with Crippen LogP contribution in [0.2, 0.25) is 0 Å². The van der Waals surface area contributed by atoms with Gasteiger partial charge in [0.2, 0.25) is 10.0 Å². The SMILES string of the molecule is COCCN(CCOC)S(=O)(=O)c1ccc(C(=O)N2CCN(c3nc4ccc(OC)cc4s3)CC2)cc1. The second kappa shape index (κ2) is 12.2. The standard InChI is InChI=1S/C25H32N4O6S2/c1-33-16-14-29(15-17-34-2)37(31,32)21-7-4-19(5-8-21)24(30)27-10-12-28(13-11-27)25-26-22-9-6-20(35-3)18-23(22)36-25/h4-9,18H,10-17H2,1-3H3. The number of anilines is 1. The molecule has 0 atom stereocenters. The number of fused-ring (bicyclic) bond motifs is 1. The molecular formula is C25H32N4O6S2. The molecule has 4 rings (SSSR count). The Kier molecular flexibility index (Phi) is 8.98. The molecule has 0 aliphatic carbocycles. The third-order valence-electron chi connectivity index (χ3n) is 6.25. The van der Waals surface area contributed by atoms with Crippen LogP contribution < -0.4 is 9.64 Å². The fourth-order valence-corrected chi connectivity index (χ4v) is 6.55. The highest BCUT2D eigenvalue weighted by Crippen LogP contribution is 2.32. The quantitative estimate of drug-likeness (QED) is 0.360. The van der Waals surface area contributed by atoms with E-state index in [1.165, 1.54) is 30.7 Å². The second-order valence-corrected chi connectivity index (χ2v) is 11.5. The number of carbonyl (C=O) groups excluding carboxylic acids is 1. The summed E-state index contributed by atoms with van der Waals surface area (Å²) in [6, 6.07) is 12.0. The van der Waals surface area contributed by atoms with Crippen LogP contribution in [0.1, 0.15) is 10.4 Å². The zero-order valence-corrected chi connectivity index (χ0v) is 22.9. The molecular weight excluding hydrogens is 516 g/mol. The molecule has 2 aromatic carbocycles. The molecule has 2 heterocycles. The lowest BCUT2D eigenvalue weighted by Gasteiger charge is -2.34. The van der Waals surface area contributed by atoms with Gasteiger partial charge in [0.25, 0.3) is 5.91 Å². The molecule has 200 valence electrons. The van der Waals surface area contributed by atoms with Crippen molar-refractivity contribution in [3.8, 4) is 5.75 Å². The number of methoxy groups -OCH3 is 3. The van der Waals surface area contributed by atoms with Crippen LogP contribution in [0, 0.1) is 0 Å². The number of ether oxygens (including phenoxy) is 3. The Morgan fingerprint density at radius 2 is 1.62 bits per heavy atom. The smallest absolute Gasteiger partial charge is 0.253 e. The Bertz CT molecular complexity index is 1300. The van der Waals surface area contributed by atoms with Crippen molar-refractivity contribution in [1.82, 2.24) is 14.2 Å². The minimum atomic E-state index is -3.74. The number of amides is 1. The second-order valence-electron chi connectivity index (χ2n) is 8.52. The van der Waals surface area contributed by atoms with Crippen LogP contribution in [0.3, 0.4) is 0 Å². The molecule has 0 bridgehead atoms. The van der Waals surface area contributed by atoms with Gasteiger partial charge in [-0.3, -0.25) is 4.79 Å². The first kappa shape index (κ1) is 27.3. The van der Waals surface area contributed by atoms with Gasteiger partial charge in [-0.2, -0.15) is 4.31 Å². The van der Waals surface area contributed by atoms with Gasteiger partial charge < -0.3 is 24.0 Å². The van der Waals surface area contributed by atoms with E-state index < -0.39 is 10.0 Å². The fourth-order valence-electron chi connectivity index (χ4n) is 4.10. The molecule has 0 radical (unpaired) electrons. The molecule has 1 aliphatic rings. The van der Waals surface area contributed by atoms with Gasteiger partial charge in [-0.25, -0.2) is 13.4 Å². The number of rotatable bonds is 11. The van der Waals surface area contributed by atoms with Gasteiger partial charge in [0.1, 0.15) is 5.75 Å². The lowest BCUT2D eigenvalue weighted by Crippen LogP contribution is -2.48. The Hall–Kier alpha value is -2.77. The Balaban J connectivity index is 1.39. The third kappa shape index (κ3) is 6.21. The number of hydrogen-bond acceptors (Lipinski definition) is 9. The molecule has 0 unspecified atom stereocenters. The van der Waals surface area contributed by atoms with Gasteiger partial charge in [-0.15, -0.1) is 0 Å². The van der Waals surface area contributed by atoms with Crippen molar-refractivity contribution >= 4 is 42.6 Å². The summed E-state index contributed by atoms with van der Waals surface area (Å²) >= 11 is 1.61. The normalized spacial score (nSPS) is 14.5. The number of sulfonamides is 1. The first-order valence-corrected chi connectivity index (χ1v) is 14.2. The van der Waals surface area contributed by atoms with Crippen molar-refractivity contribution in [3.05, 3.63) is 48.0 Å². The predicted molar refractivity (Wildman–Crippen MR) is 143 cm³/mol. The Labute approximate surface area is 221 Å². The van der Waals surface area contributed by atoms with Crippen molar-refractivity contribution in [2.24, 2.45) is 0 Å². The van der Waals surface area contributed by atoms with Gasteiger partial charge in [-0.1, -0.05) is 11.3 Å². The Morgan fingerprint density at radius 1 is 0.973 bits per heavy atom. The van der Waals surface area contributed by atoms with Crippen LogP contribution in [-0.4, -0.2) is 102 Å². The number of aromatic nitrogens is 1. The van der Waals surface area contributed by atoms with Crippen molar-refractivity contribution in [1.29, 1.82) is 0 Å². The number of carbonyl (C=O) groups is 1. The van der Waals surface area contributed by atoms with E-state index >= 15 is 0 Å². The number of hydrogen-bond donors (Lipinski definition) is 0. The highest BCUT2D eigenvalue weighted by atomic mass is 32.2. The van der Waals surface area contributed by atoms with Crippen LogP contribution in [-0.2, 0) is 19.5 Å². The van der Waals surface area contributed by atoms with Crippen molar-refractivity contribution in [3.63, 3.8) is 0 Å². The maximum atomic E-state index is 13.1. The minimum absolute atomic E-state index is 0.117. The molecule has 10 nitrogen and oxygen atoms in total. The molecule has 0 saturated carbocycles. The highest BCUT2D eigenvalue weighted by Gasteiger charge is 2.27. The summed E-state index contributed by atoms with van der Waals surface area (Å²) in [6.45, 7) is 3.43. The van der Waals surface area contributed by atoms with Crippen molar-refractivity contribution < 1.29 is 27.4 Å².